The molecule has 0 aromatic rings. The molecule has 3 unspecified atom stereocenters. The van der Waals surface area contributed by atoms with Gasteiger partial charge < -0.3 is 5.32 Å². The van der Waals surface area contributed by atoms with Gasteiger partial charge in [-0.05, 0) is 49.2 Å². The van der Waals surface area contributed by atoms with Crippen LogP contribution in [0.3, 0.4) is 0 Å². The lowest BCUT2D eigenvalue weighted by Gasteiger charge is -2.40. The Balaban J connectivity index is 1.74. The molecule has 0 bridgehead atoms. The van der Waals surface area contributed by atoms with Gasteiger partial charge in [-0.1, -0.05) is 27.2 Å². The summed E-state index contributed by atoms with van der Waals surface area (Å²) in [6, 6.07) is 0.774. The van der Waals surface area contributed by atoms with Gasteiger partial charge in [0.2, 0.25) is 0 Å². The highest BCUT2D eigenvalue weighted by Crippen LogP contribution is 2.38. The molecule has 2 fully saturated rings. The second kappa shape index (κ2) is 5.97. The van der Waals surface area contributed by atoms with Crippen molar-refractivity contribution in [1.29, 1.82) is 0 Å². The van der Waals surface area contributed by atoms with Crippen LogP contribution < -0.4 is 5.32 Å². The molecule has 1 saturated carbocycles. The van der Waals surface area contributed by atoms with E-state index in [1.807, 2.05) is 0 Å². The second-order valence-corrected chi connectivity index (χ2v) is 8.42. The van der Waals surface area contributed by atoms with Crippen LogP contribution in [0.25, 0.3) is 0 Å². The average molecular weight is 255 g/mol. The molecule has 0 aromatic carbocycles. The zero-order valence-electron chi connectivity index (χ0n) is 11.8. The van der Waals surface area contributed by atoms with E-state index in [0.717, 1.165) is 17.2 Å². The Labute approximate surface area is 112 Å². The first-order chi connectivity index (χ1) is 8.05. The minimum atomic E-state index is 0.551. The number of thioether (sulfide) groups is 1. The number of nitrogens with one attached hydrogen (secondary N) is 1. The van der Waals surface area contributed by atoms with Gasteiger partial charge in [0.25, 0.3) is 0 Å². The molecule has 1 aliphatic heterocycles. The highest BCUT2D eigenvalue weighted by Gasteiger charge is 2.32. The fourth-order valence-electron chi connectivity index (χ4n) is 3.77. The van der Waals surface area contributed by atoms with Crippen molar-refractivity contribution in [2.45, 2.75) is 70.6 Å². The lowest BCUT2D eigenvalue weighted by Crippen LogP contribution is -2.42. The van der Waals surface area contributed by atoms with Crippen LogP contribution >= 0.6 is 11.8 Å². The zero-order valence-corrected chi connectivity index (χ0v) is 12.6. The zero-order chi connectivity index (χ0) is 12.3. The van der Waals surface area contributed by atoms with Crippen LogP contribution in [0.1, 0.15) is 59.3 Å². The summed E-state index contributed by atoms with van der Waals surface area (Å²) in [4.78, 5) is 0. The van der Waals surface area contributed by atoms with Crippen LogP contribution in [0.4, 0.5) is 0 Å². The SMILES string of the molecule is CC1CC(NCC2CCCCS2)CC(C)(C)C1. The molecule has 3 atom stereocenters. The monoisotopic (exact) mass is 255 g/mol. The summed E-state index contributed by atoms with van der Waals surface area (Å²) in [6.07, 6.45) is 8.49. The lowest BCUT2D eigenvalue weighted by molar-refractivity contribution is 0.151. The van der Waals surface area contributed by atoms with Gasteiger partial charge in [-0.15, -0.1) is 0 Å². The molecule has 1 heterocycles. The largest absolute Gasteiger partial charge is 0.313 e. The Hall–Kier alpha value is 0.310. The Bertz CT molecular complexity index is 233. The van der Waals surface area contributed by atoms with Crippen molar-refractivity contribution in [2.24, 2.45) is 11.3 Å². The molecular formula is C15H29NS. The van der Waals surface area contributed by atoms with Crippen molar-refractivity contribution < 1.29 is 0 Å². The smallest absolute Gasteiger partial charge is 0.0172 e. The summed E-state index contributed by atoms with van der Waals surface area (Å²) in [5.41, 5.74) is 0.551. The molecule has 1 aliphatic carbocycles. The predicted molar refractivity (Wildman–Crippen MR) is 78.7 cm³/mol. The molecular weight excluding hydrogens is 226 g/mol. The van der Waals surface area contributed by atoms with E-state index < -0.39 is 0 Å². The van der Waals surface area contributed by atoms with Crippen molar-refractivity contribution in [2.75, 3.05) is 12.3 Å². The normalized spacial score (nSPS) is 37.9. The second-order valence-electron chi connectivity index (χ2n) is 7.01. The van der Waals surface area contributed by atoms with E-state index in [1.54, 1.807) is 0 Å². The maximum absolute atomic E-state index is 3.86. The Morgan fingerprint density at radius 2 is 2.06 bits per heavy atom. The third-order valence-electron chi connectivity index (χ3n) is 4.30. The first kappa shape index (κ1) is 13.7. The molecule has 17 heavy (non-hydrogen) atoms. The fraction of sp³-hybridized carbons (Fsp3) is 1.00. The molecule has 2 heteroatoms. The Morgan fingerprint density at radius 3 is 2.71 bits per heavy atom. The van der Waals surface area contributed by atoms with Crippen LogP contribution in [-0.4, -0.2) is 23.6 Å². The molecule has 1 N–H and O–H groups in total. The van der Waals surface area contributed by atoms with Crippen LogP contribution in [0.15, 0.2) is 0 Å². The van der Waals surface area contributed by atoms with Gasteiger partial charge in [-0.2, -0.15) is 11.8 Å². The van der Waals surface area contributed by atoms with E-state index in [1.165, 1.54) is 50.8 Å². The fourth-order valence-corrected chi connectivity index (χ4v) is 5.02. The molecule has 2 aliphatic rings. The van der Waals surface area contributed by atoms with Crippen molar-refractivity contribution in [3.8, 4) is 0 Å². The van der Waals surface area contributed by atoms with Crippen molar-refractivity contribution >= 4 is 11.8 Å². The van der Waals surface area contributed by atoms with Gasteiger partial charge in [0.1, 0.15) is 0 Å². The molecule has 0 spiro atoms. The molecule has 1 saturated heterocycles. The minimum absolute atomic E-state index is 0.551. The summed E-state index contributed by atoms with van der Waals surface area (Å²) >= 11 is 2.19. The summed E-state index contributed by atoms with van der Waals surface area (Å²) < 4.78 is 0. The first-order valence-electron chi connectivity index (χ1n) is 7.40. The van der Waals surface area contributed by atoms with Crippen molar-refractivity contribution in [3.63, 3.8) is 0 Å². The van der Waals surface area contributed by atoms with E-state index in [0.29, 0.717) is 5.41 Å². The van der Waals surface area contributed by atoms with E-state index in [2.05, 4.69) is 37.8 Å². The van der Waals surface area contributed by atoms with Crippen LogP contribution in [-0.2, 0) is 0 Å². The van der Waals surface area contributed by atoms with Gasteiger partial charge >= 0.3 is 0 Å². The minimum Gasteiger partial charge on any atom is -0.313 e. The van der Waals surface area contributed by atoms with E-state index in [-0.39, 0.29) is 0 Å². The molecule has 1 nitrogen and oxygen atoms in total. The molecule has 100 valence electrons. The van der Waals surface area contributed by atoms with Crippen molar-refractivity contribution in [1.82, 2.24) is 5.32 Å². The van der Waals surface area contributed by atoms with Crippen LogP contribution in [0.2, 0.25) is 0 Å². The third kappa shape index (κ3) is 4.48. The van der Waals surface area contributed by atoms with Gasteiger partial charge in [0.15, 0.2) is 0 Å². The number of hydrogen-bond acceptors (Lipinski definition) is 2. The van der Waals surface area contributed by atoms with Gasteiger partial charge in [-0.3, -0.25) is 0 Å². The maximum atomic E-state index is 3.86. The Morgan fingerprint density at radius 1 is 1.24 bits per heavy atom. The molecule has 0 aromatic heterocycles. The average Bonchev–Trinajstić information content (AvgIpc) is 2.25. The summed E-state index contributed by atoms with van der Waals surface area (Å²) in [6.45, 7) is 8.54. The summed E-state index contributed by atoms with van der Waals surface area (Å²) in [7, 11) is 0. The third-order valence-corrected chi connectivity index (χ3v) is 5.69. The van der Waals surface area contributed by atoms with Gasteiger partial charge in [0, 0.05) is 17.8 Å². The van der Waals surface area contributed by atoms with Gasteiger partial charge in [0.05, 0.1) is 0 Å². The maximum Gasteiger partial charge on any atom is 0.0172 e. The van der Waals surface area contributed by atoms with Crippen LogP contribution in [0.5, 0.6) is 0 Å². The Kier molecular flexibility index (Phi) is 4.82. The molecule has 0 amide bonds. The van der Waals surface area contributed by atoms with E-state index >= 15 is 0 Å². The highest BCUT2D eigenvalue weighted by atomic mass is 32.2. The quantitative estimate of drug-likeness (QED) is 0.815. The molecule has 2 rings (SSSR count). The summed E-state index contributed by atoms with van der Waals surface area (Å²) in [5, 5.41) is 4.75. The topological polar surface area (TPSA) is 12.0 Å². The summed E-state index contributed by atoms with van der Waals surface area (Å²) in [5.74, 6) is 2.29. The predicted octanol–water partition coefficient (Wildman–Crippen LogP) is 4.08. The first-order valence-corrected chi connectivity index (χ1v) is 8.45. The molecule has 0 radical (unpaired) electrons. The standard InChI is InChI=1S/C15H29NS/c1-12-8-13(10-15(2,3)9-12)16-11-14-6-4-5-7-17-14/h12-14,16H,4-11H2,1-3H3. The lowest BCUT2D eigenvalue weighted by atomic mass is 9.70. The van der Waals surface area contributed by atoms with E-state index in [9.17, 15) is 0 Å². The number of rotatable bonds is 3. The van der Waals surface area contributed by atoms with Crippen molar-refractivity contribution in [3.05, 3.63) is 0 Å². The van der Waals surface area contributed by atoms with E-state index in [4.69, 9.17) is 0 Å². The van der Waals surface area contributed by atoms with Crippen LogP contribution in [0, 0.1) is 11.3 Å². The number of hydrogen-bond donors (Lipinski definition) is 1. The highest BCUT2D eigenvalue weighted by molar-refractivity contribution is 7.99. The van der Waals surface area contributed by atoms with Gasteiger partial charge in [-0.25, -0.2) is 0 Å².